The molecule has 2 aromatic heterocycles. The summed E-state index contributed by atoms with van der Waals surface area (Å²) in [5.74, 6) is 0.827. The number of aliphatic hydroxyl groups is 1. The molecule has 1 aliphatic rings. The molecule has 2 N–H and O–H groups in total. The van der Waals surface area contributed by atoms with Gasteiger partial charge in [0, 0.05) is 5.92 Å². The molecule has 1 aliphatic carbocycles. The number of hydrogen-bond acceptors (Lipinski definition) is 5. The predicted molar refractivity (Wildman–Crippen MR) is 69.4 cm³/mol. The highest BCUT2D eigenvalue weighted by Crippen LogP contribution is 2.35. The van der Waals surface area contributed by atoms with Crippen LogP contribution in [-0.2, 0) is 0 Å². The molecule has 3 rings (SSSR count). The molecule has 0 spiro atoms. The molecular formula is C13H18N4O2. The average Bonchev–Trinajstić information content (AvgIpc) is 2.84. The zero-order valence-electron chi connectivity index (χ0n) is 10.9. The fraction of sp³-hybridized carbons (Fsp3) is 0.615. The average molecular weight is 262 g/mol. The van der Waals surface area contributed by atoms with Crippen LogP contribution >= 0.6 is 0 Å². The van der Waals surface area contributed by atoms with Gasteiger partial charge in [-0.1, -0.05) is 19.8 Å². The van der Waals surface area contributed by atoms with Crippen LogP contribution in [0.2, 0.25) is 0 Å². The van der Waals surface area contributed by atoms with Crippen molar-refractivity contribution in [1.82, 2.24) is 19.5 Å². The van der Waals surface area contributed by atoms with Gasteiger partial charge in [-0.2, -0.15) is 4.98 Å². The van der Waals surface area contributed by atoms with Crippen LogP contribution < -0.4 is 0 Å². The van der Waals surface area contributed by atoms with Crippen LogP contribution in [0.25, 0.3) is 11.2 Å². The number of aromatic hydroxyl groups is 1. The van der Waals surface area contributed by atoms with Gasteiger partial charge in [-0.15, -0.1) is 0 Å². The van der Waals surface area contributed by atoms with Crippen molar-refractivity contribution in [2.75, 3.05) is 0 Å². The summed E-state index contributed by atoms with van der Waals surface area (Å²) in [5.41, 5.74) is 0.823. The molecule has 1 unspecified atom stereocenters. The standard InChI is InChI=1S/C13H18N4O2/c1-8-2-4-9(5-3-8)13(19)17-7-16-10-11(17)14-6-15-12(10)18/h6-9,13,19H,2-5H2,1H3,(H,14,15,18)/t8-,9-,13?. The minimum Gasteiger partial charge on any atom is -0.492 e. The SMILES string of the molecule is C[C@H]1CC[C@H](C(O)n2cnc3c(O)ncnc32)CC1. The second kappa shape index (κ2) is 4.77. The Morgan fingerprint density at radius 3 is 2.68 bits per heavy atom. The summed E-state index contributed by atoms with van der Waals surface area (Å²) in [6.07, 6.45) is 6.50. The Morgan fingerprint density at radius 2 is 1.95 bits per heavy atom. The third-order valence-corrected chi connectivity index (χ3v) is 4.11. The summed E-state index contributed by atoms with van der Waals surface area (Å²) in [4.78, 5) is 11.9. The van der Waals surface area contributed by atoms with Crippen molar-refractivity contribution in [2.24, 2.45) is 11.8 Å². The molecule has 1 fully saturated rings. The normalized spacial score (nSPS) is 25.6. The molecule has 6 nitrogen and oxygen atoms in total. The summed E-state index contributed by atoms with van der Waals surface area (Å²) >= 11 is 0. The van der Waals surface area contributed by atoms with Gasteiger partial charge in [0.1, 0.15) is 12.6 Å². The third-order valence-electron chi connectivity index (χ3n) is 4.11. The van der Waals surface area contributed by atoms with Gasteiger partial charge in [-0.05, 0) is 18.8 Å². The van der Waals surface area contributed by atoms with Gasteiger partial charge in [0.25, 0.3) is 0 Å². The van der Waals surface area contributed by atoms with Gasteiger partial charge in [0.2, 0.25) is 5.88 Å². The number of fused-ring (bicyclic) bond motifs is 1. The van der Waals surface area contributed by atoms with E-state index in [0.717, 1.165) is 31.6 Å². The zero-order valence-corrected chi connectivity index (χ0v) is 10.9. The summed E-state index contributed by atoms with van der Waals surface area (Å²) in [5, 5.41) is 20.1. The van der Waals surface area contributed by atoms with Gasteiger partial charge in [-0.3, -0.25) is 4.57 Å². The molecule has 6 heteroatoms. The van der Waals surface area contributed by atoms with Crippen LogP contribution in [-0.4, -0.2) is 29.7 Å². The van der Waals surface area contributed by atoms with Crippen molar-refractivity contribution in [3.63, 3.8) is 0 Å². The lowest BCUT2D eigenvalue weighted by Gasteiger charge is -2.30. The van der Waals surface area contributed by atoms with Crippen molar-refractivity contribution < 1.29 is 10.2 Å². The van der Waals surface area contributed by atoms with Gasteiger partial charge >= 0.3 is 0 Å². The lowest BCUT2D eigenvalue weighted by atomic mass is 9.82. The fourth-order valence-corrected chi connectivity index (χ4v) is 2.84. The predicted octanol–water partition coefficient (Wildman–Crippen LogP) is 1.85. The van der Waals surface area contributed by atoms with Gasteiger partial charge in [0.15, 0.2) is 11.2 Å². The molecule has 0 amide bonds. The molecule has 2 aromatic rings. The number of rotatable bonds is 2. The number of aliphatic hydroxyl groups excluding tert-OH is 1. The summed E-state index contributed by atoms with van der Waals surface area (Å²) in [6, 6.07) is 0. The van der Waals surface area contributed by atoms with Gasteiger partial charge in [-0.25, -0.2) is 9.97 Å². The highest BCUT2D eigenvalue weighted by Gasteiger charge is 2.27. The molecule has 0 aromatic carbocycles. The molecule has 0 aliphatic heterocycles. The van der Waals surface area contributed by atoms with Gasteiger partial charge < -0.3 is 10.2 Å². The number of hydrogen-bond donors (Lipinski definition) is 2. The number of nitrogens with zero attached hydrogens (tertiary/aromatic N) is 4. The highest BCUT2D eigenvalue weighted by atomic mass is 16.3. The molecule has 1 saturated carbocycles. The Hall–Kier alpha value is -1.69. The maximum absolute atomic E-state index is 10.5. The Labute approximate surface area is 111 Å². The molecule has 0 radical (unpaired) electrons. The lowest BCUT2D eigenvalue weighted by molar-refractivity contribution is 0.0200. The van der Waals surface area contributed by atoms with E-state index in [4.69, 9.17) is 0 Å². The van der Waals surface area contributed by atoms with Crippen LogP contribution in [0.3, 0.4) is 0 Å². The van der Waals surface area contributed by atoms with E-state index in [1.54, 1.807) is 4.57 Å². The van der Waals surface area contributed by atoms with Crippen molar-refractivity contribution >= 4 is 11.2 Å². The quantitative estimate of drug-likeness (QED) is 0.862. The molecule has 102 valence electrons. The Morgan fingerprint density at radius 1 is 1.21 bits per heavy atom. The first-order chi connectivity index (χ1) is 9.16. The first-order valence-electron chi connectivity index (χ1n) is 6.71. The topological polar surface area (TPSA) is 84.1 Å². The van der Waals surface area contributed by atoms with Crippen LogP contribution in [0.15, 0.2) is 12.7 Å². The molecule has 0 saturated heterocycles. The van der Waals surface area contributed by atoms with Crippen molar-refractivity contribution in [3.05, 3.63) is 12.7 Å². The maximum atomic E-state index is 10.5. The minimum absolute atomic E-state index is 0.145. The van der Waals surface area contributed by atoms with Crippen molar-refractivity contribution in [3.8, 4) is 5.88 Å². The smallest absolute Gasteiger partial charge is 0.242 e. The Balaban J connectivity index is 1.89. The molecule has 0 bridgehead atoms. The van der Waals surface area contributed by atoms with E-state index >= 15 is 0 Å². The van der Waals surface area contributed by atoms with E-state index in [1.807, 2.05) is 0 Å². The lowest BCUT2D eigenvalue weighted by Crippen LogP contribution is -2.23. The molecule has 1 atom stereocenters. The van der Waals surface area contributed by atoms with Crippen molar-refractivity contribution in [1.29, 1.82) is 0 Å². The summed E-state index contributed by atoms with van der Waals surface area (Å²) in [7, 11) is 0. The minimum atomic E-state index is -0.633. The van der Waals surface area contributed by atoms with E-state index in [-0.39, 0.29) is 11.8 Å². The fourth-order valence-electron chi connectivity index (χ4n) is 2.84. The third kappa shape index (κ3) is 2.16. The van der Waals surface area contributed by atoms with E-state index in [2.05, 4.69) is 21.9 Å². The Bertz CT molecular complexity index is 575. The second-order valence-corrected chi connectivity index (χ2v) is 5.45. The monoisotopic (exact) mass is 262 g/mol. The number of aromatic nitrogens is 4. The number of imidazole rings is 1. The second-order valence-electron chi connectivity index (χ2n) is 5.45. The first-order valence-corrected chi connectivity index (χ1v) is 6.71. The van der Waals surface area contributed by atoms with Gasteiger partial charge in [0.05, 0.1) is 6.33 Å². The van der Waals surface area contributed by atoms with E-state index in [9.17, 15) is 10.2 Å². The van der Waals surface area contributed by atoms with Crippen LogP contribution in [0.5, 0.6) is 5.88 Å². The summed E-state index contributed by atoms with van der Waals surface area (Å²) in [6.45, 7) is 2.25. The molecular weight excluding hydrogens is 244 g/mol. The first kappa shape index (κ1) is 12.3. The van der Waals surface area contributed by atoms with Crippen molar-refractivity contribution in [2.45, 2.75) is 38.8 Å². The maximum Gasteiger partial charge on any atom is 0.242 e. The van der Waals surface area contributed by atoms with E-state index < -0.39 is 6.23 Å². The Kier molecular flexibility index (Phi) is 3.10. The largest absolute Gasteiger partial charge is 0.492 e. The van der Waals surface area contributed by atoms with Crippen LogP contribution in [0.4, 0.5) is 0 Å². The highest BCUT2D eigenvalue weighted by molar-refractivity contribution is 5.75. The van der Waals surface area contributed by atoms with E-state index in [0.29, 0.717) is 11.2 Å². The van der Waals surface area contributed by atoms with Crippen LogP contribution in [0, 0.1) is 11.8 Å². The molecule has 2 heterocycles. The zero-order chi connectivity index (χ0) is 13.4. The molecule has 19 heavy (non-hydrogen) atoms. The van der Waals surface area contributed by atoms with E-state index in [1.165, 1.54) is 12.7 Å². The van der Waals surface area contributed by atoms with Crippen LogP contribution in [0.1, 0.15) is 38.8 Å². The summed E-state index contributed by atoms with van der Waals surface area (Å²) < 4.78 is 1.64.